The van der Waals surface area contributed by atoms with Gasteiger partial charge in [-0.3, -0.25) is 9.59 Å². The Balaban J connectivity index is 2.26. The van der Waals surface area contributed by atoms with Gasteiger partial charge in [0, 0.05) is 13.0 Å². The van der Waals surface area contributed by atoms with Gasteiger partial charge >= 0.3 is 0 Å². The molecule has 0 aromatic carbocycles. The van der Waals surface area contributed by atoms with Crippen molar-refractivity contribution in [3.8, 4) is 0 Å². The van der Waals surface area contributed by atoms with Crippen molar-refractivity contribution in [1.82, 2.24) is 5.32 Å². The number of hydrogen-bond acceptors (Lipinski definition) is 2. The second kappa shape index (κ2) is 5.00. The van der Waals surface area contributed by atoms with Gasteiger partial charge in [0.1, 0.15) is 5.78 Å². The van der Waals surface area contributed by atoms with E-state index in [4.69, 9.17) is 0 Å². The Hall–Kier alpha value is -0.860. The first-order valence-electron chi connectivity index (χ1n) is 5.06. The summed E-state index contributed by atoms with van der Waals surface area (Å²) in [6.45, 7) is 2.78. The standard InChI is InChI=1S/C10H17NO2/c1-2-3-7-11-10(13)8-5-4-6-9(8)12/h8H,2-7H2,1H3,(H,11,13). The van der Waals surface area contributed by atoms with Gasteiger partial charge in [0.15, 0.2) is 0 Å². The number of amides is 1. The Morgan fingerprint density at radius 3 is 2.92 bits per heavy atom. The molecule has 0 aliphatic heterocycles. The predicted octanol–water partition coefficient (Wildman–Crippen LogP) is 1.27. The molecule has 0 aromatic rings. The molecule has 74 valence electrons. The van der Waals surface area contributed by atoms with E-state index >= 15 is 0 Å². The minimum absolute atomic E-state index is 0.0593. The first-order chi connectivity index (χ1) is 6.25. The molecule has 0 saturated heterocycles. The van der Waals surface area contributed by atoms with Gasteiger partial charge in [0.2, 0.25) is 5.91 Å². The summed E-state index contributed by atoms with van der Waals surface area (Å²) in [5.74, 6) is -0.276. The minimum Gasteiger partial charge on any atom is -0.355 e. The van der Waals surface area contributed by atoms with E-state index in [1.807, 2.05) is 0 Å². The Labute approximate surface area is 78.9 Å². The third-order valence-corrected chi connectivity index (χ3v) is 2.45. The van der Waals surface area contributed by atoms with Crippen molar-refractivity contribution in [2.45, 2.75) is 39.0 Å². The number of ketones is 1. The van der Waals surface area contributed by atoms with Crippen molar-refractivity contribution in [3.63, 3.8) is 0 Å². The fourth-order valence-electron chi connectivity index (χ4n) is 1.60. The Morgan fingerprint density at radius 1 is 1.62 bits per heavy atom. The molecule has 1 unspecified atom stereocenters. The summed E-state index contributed by atoms with van der Waals surface area (Å²) in [6.07, 6.45) is 4.28. The molecule has 1 atom stereocenters. The maximum absolute atomic E-state index is 11.4. The lowest BCUT2D eigenvalue weighted by Crippen LogP contribution is -2.33. The third-order valence-electron chi connectivity index (χ3n) is 2.45. The highest BCUT2D eigenvalue weighted by Crippen LogP contribution is 2.21. The van der Waals surface area contributed by atoms with Crippen molar-refractivity contribution >= 4 is 11.7 Å². The summed E-state index contributed by atoms with van der Waals surface area (Å²) in [6, 6.07) is 0. The average molecular weight is 183 g/mol. The quantitative estimate of drug-likeness (QED) is 0.527. The molecule has 0 aromatic heterocycles. The molecule has 3 nitrogen and oxygen atoms in total. The number of nitrogens with one attached hydrogen (secondary N) is 1. The van der Waals surface area contributed by atoms with Crippen LogP contribution in [0.1, 0.15) is 39.0 Å². The summed E-state index contributed by atoms with van der Waals surface area (Å²) < 4.78 is 0. The number of hydrogen-bond donors (Lipinski definition) is 1. The minimum atomic E-state index is -0.336. The molecule has 13 heavy (non-hydrogen) atoms. The van der Waals surface area contributed by atoms with E-state index in [-0.39, 0.29) is 17.6 Å². The van der Waals surface area contributed by atoms with Crippen LogP contribution < -0.4 is 5.32 Å². The lowest BCUT2D eigenvalue weighted by atomic mass is 10.1. The van der Waals surface area contributed by atoms with Crippen molar-refractivity contribution in [2.24, 2.45) is 5.92 Å². The van der Waals surface area contributed by atoms with E-state index in [1.54, 1.807) is 0 Å². The summed E-state index contributed by atoms with van der Waals surface area (Å²) in [7, 11) is 0. The van der Waals surface area contributed by atoms with Crippen LogP contribution in [-0.2, 0) is 9.59 Å². The molecule has 1 amide bonds. The molecule has 0 spiro atoms. The number of unbranched alkanes of at least 4 members (excludes halogenated alkanes) is 1. The summed E-state index contributed by atoms with van der Waals surface area (Å²) in [4.78, 5) is 22.6. The fraction of sp³-hybridized carbons (Fsp3) is 0.800. The van der Waals surface area contributed by atoms with Gasteiger partial charge < -0.3 is 5.32 Å². The molecule has 1 saturated carbocycles. The number of rotatable bonds is 4. The van der Waals surface area contributed by atoms with Gasteiger partial charge in [-0.15, -0.1) is 0 Å². The zero-order valence-electron chi connectivity index (χ0n) is 8.14. The van der Waals surface area contributed by atoms with Crippen molar-refractivity contribution in [1.29, 1.82) is 0 Å². The second-order valence-electron chi connectivity index (χ2n) is 3.56. The Bertz CT molecular complexity index is 201. The lowest BCUT2D eigenvalue weighted by Gasteiger charge is -2.08. The zero-order chi connectivity index (χ0) is 9.68. The van der Waals surface area contributed by atoms with Crippen LogP contribution in [0.25, 0.3) is 0 Å². The third kappa shape index (κ3) is 2.83. The SMILES string of the molecule is CCCCNC(=O)C1CCCC1=O. The Kier molecular flexibility index (Phi) is 3.93. The highest BCUT2D eigenvalue weighted by molar-refractivity contribution is 6.02. The van der Waals surface area contributed by atoms with Crippen LogP contribution in [0, 0.1) is 5.92 Å². The van der Waals surface area contributed by atoms with Crippen LogP contribution in [-0.4, -0.2) is 18.2 Å². The van der Waals surface area contributed by atoms with Crippen molar-refractivity contribution in [2.75, 3.05) is 6.54 Å². The van der Waals surface area contributed by atoms with Crippen LogP contribution in [0.4, 0.5) is 0 Å². The monoisotopic (exact) mass is 183 g/mol. The van der Waals surface area contributed by atoms with Crippen LogP contribution in [0.2, 0.25) is 0 Å². The lowest BCUT2D eigenvalue weighted by molar-refractivity contribution is -0.132. The van der Waals surface area contributed by atoms with E-state index in [0.29, 0.717) is 13.0 Å². The second-order valence-corrected chi connectivity index (χ2v) is 3.56. The van der Waals surface area contributed by atoms with Gasteiger partial charge in [-0.25, -0.2) is 0 Å². The fourth-order valence-corrected chi connectivity index (χ4v) is 1.60. The van der Waals surface area contributed by atoms with Gasteiger partial charge in [-0.1, -0.05) is 13.3 Å². The van der Waals surface area contributed by atoms with E-state index in [9.17, 15) is 9.59 Å². The molecule has 1 N–H and O–H groups in total. The maximum Gasteiger partial charge on any atom is 0.230 e. The summed E-state index contributed by atoms with van der Waals surface area (Å²) in [5.41, 5.74) is 0. The maximum atomic E-state index is 11.4. The van der Waals surface area contributed by atoms with Crippen LogP contribution in [0.5, 0.6) is 0 Å². The van der Waals surface area contributed by atoms with E-state index in [1.165, 1.54) is 0 Å². The van der Waals surface area contributed by atoms with Crippen molar-refractivity contribution < 1.29 is 9.59 Å². The molecular weight excluding hydrogens is 166 g/mol. The van der Waals surface area contributed by atoms with Gasteiger partial charge in [-0.05, 0) is 19.3 Å². The number of Topliss-reactive ketones (excluding diaryl/α,β-unsaturated/α-hetero) is 1. The topological polar surface area (TPSA) is 46.2 Å². The van der Waals surface area contributed by atoms with Gasteiger partial charge in [0.05, 0.1) is 5.92 Å². The Morgan fingerprint density at radius 2 is 2.38 bits per heavy atom. The highest BCUT2D eigenvalue weighted by atomic mass is 16.2. The zero-order valence-corrected chi connectivity index (χ0v) is 8.14. The highest BCUT2D eigenvalue weighted by Gasteiger charge is 2.30. The predicted molar refractivity (Wildman–Crippen MR) is 50.3 cm³/mol. The first-order valence-corrected chi connectivity index (χ1v) is 5.06. The molecule has 0 bridgehead atoms. The number of carbonyl (C=O) groups excluding carboxylic acids is 2. The molecular formula is C10H17NO2. The normalized spacial score (nSPS) is 21.9. The average Bonchev–Trinajstić information content (AvgIpc) is 2.52. The van der Waals surface area contributed by atoms with Gasteiger partial charge in [-0.2, -0.15) is 0 Å². The van der Waals surface area contributed by atoms with Crippen LogP contribution >= 0.6 is 0 Å². The summed E-state index contributed by atoms with van der Waals surface area (Å²) in [5, 5.41) is 2.80. The molecule has 1 aliphatic rings. The molecule has 0 heterocycles. The first kappa shape index (κ1) is 10.2. The van der Waals surface area contributed by atoms with E-state index in [2.05, 4.69) is 12.2 Å². The molecule has 1 fully saturated rings. The van der Waals surface area contributed by atoms with Gasteiger partial charge in [0.25, 0.3) is 0 Å². The largest absolute Gasteiger partial charge is 0.355 e. The van der Waals surface area contributed by atoms with Crippen molar-refractivity contribution in [3.05, 3.63) is 0 Å². The van der Waals surface area contributed by atoms with Crippen LogP contribution in [0.15, 0.2) is 0 Å². The summed E-state index contributed by atoms with van der Waals surface area (Å²) >= 11 is 0. The molecule has 0 radical (unpaired) electrons. The molecule has 3 heteroatoms. The molecule has 1 rings (SSSR count). The smallest absolute Gasteiger partial charge is 0.230 e. The van der Waals surface area contributed by atoms with E-state index in [0.717, 1.165) is 25.7 Å². The van der Waals surface area contributed by atoms with Crippen LogP contribution in [0.3, 0.4) is 0 Å². The van der Waals surface area contributed by atoms with E-state index < -0.39 is 0 Å². The molecule has 1 aliphatic carbocycles. The number of carbonyl (C=O) groups is 2.